The number of rotatable bonds is 3. The number of hydrogen-bond donors (Lipinski definition) is 1. The molecule has 88 valence electrons. The van der Waals surface area contributed by atoms with Gasteiger partial charge in [0, 0.05) is 12.8 Å². The van der Waals surface area contributed by atoms with Crippen molar-refractivity contribution < 1.29 is 9.90 Å². The normalized spacial score (nSPS) is 35.1. The van der Waals surface area contributed by atoms with Gasteiger partial charge in [-0.05, 0) is 24.2 Å². The summed E-state index contributed by atoms with van der Waals surface area (Å²) in [4.78, 5) is 11.6. The largest absolute Gasteiger partial charge is 0.389 e. The number of aliphatic hydroxyl groups is 1. The lowest BCUT2D eigenvalue weighted by Gasteiger charge is -2.50. The zero-order valence-electron chi connectivity index (χ0n) is 10.5. The molecule has 0 bridgehead atoms. The summed E-state index contributed by atoms with van der Waals surface area (Å²) in [5.41, 5.74) is -0.923. The molecule has 1 aliphatic carbocycles. The first-order valence-corrected chi connectivity index (χ1v) is 6.07. The molecule has 0 spiro atoms. The minimum absolute atomic E-state index is 0.129. The highest BCUT2D eigenvalue weighted by molar-refractivity contribution is 5.79. The fraction of sp³-hybridized carbons (Fsp3) is 0.923. The van der Waals surface area contributed by atoms with Gasteiger partial charge in [0.25, 0.3) is 0 Å². The summed E-state index contributed by atoms with van der Waals surface area (Å²) in [5, 5.41) is 10.7. The predicted molar refractivity (Wildman–Crippen MR) is 61.7 cm³/mol. The molecule has 0 aromatic rings. The van der Waals surface area contributed by atoms with Crippen LogP contribution in [0.2, 0.25) is 0 Å². The zero-order chi connectivity index (χ0) is 11.7. The van der Waals surface area contributed by atoms with Crippen LogP contribution in [0.25, 0.3) is 0 Å². The second kappa shape index (κ2) is 4.25. The second-order valence-electron chi connectivity index (χ2n) is 5.67. The van der Waals surface area contributed by atoms with Gasteiger partial charge >= 0.3 is 0 Å². The van der Waals surface area contributed by atoms with Crippen molar-refractivity contribution in [1.29, 1.82) is 0 Å². The van der Waals surface area contributed by atoms with E-state index in [-0.39, 0.29) is 17.1 Å². The zero-order valence-corrected chi connectivity index (χ0v) is 10.5. The van der Waals surface area contributed by atoms with Crippen LogP contribution >= 0.6 is 0 Å². The molecule has 1 rings (SSSR count). The van der Waals surface area contributed by atoms with Gasteiger partial charge < -0.3 is 5.11 Å². The summed E-state index contributed by atoms with van der Waals surface area (Å²) in [6.07, 6.45) is 4.08. The average Bonchev–Trinajstić information content (AvgIpc) is 2.14. The van der Waals surface area contributed by atoms with E-state index in [9.17, 15) is 9.90 Å². The Balaban J connectivity index is 2.88. The van der Waals surface area contributed by atoms with Gasteiger partial charge in [0.15, 0.2) is 0 Å². The van der Waals surface area contributed by atoms with E-state index in [0.29, 0.717) is 12.8 Å². The first-order chi connectivity index (χ1) is 6.83. The van der Waals surface area contributed by atoms with E-state index >= 15 is 0 Å². The summed E-state index contributed by atoms with van der Waals surface area (Å²) >= 11 is 0. The Hall–Kier alpha value is -0.370. The molecule has 0 saturated heterocycles. The summed E-state index contributed by atoms with van der Waals surface area (Å²) in [6.45, 7) is 8.12. The maximum atomic E-state index is 11.6. The van der Waals surface area contributed by atoms with Crippen molar-refractivity contribution in [2.24, 2.45) is 11.3 Å². The molecule has 0 aliphatic heterocycles. The highest BCUT2D eigenvalue weighted by Gasteiger charge is 2.50. The van der Waals surface area contributed by atoms with Crippen molar-refractivity contribution >= 4 is 5.78 Å². The highest BCUT2D eigenvalue weighted by Crippen LogP contribution is 2.48. The molecule has 2 unspecified atom stereocenters. The first-order valence-electron chi connectivity index (χ1n) is 6.07. The topological polar surface area (TPSA) is 37.3 Å². The molecule has 15 heavy (non-hydrogen) atoms. The van der Waals surface area contributed by atoms with Crippen molar-refractivity contribution in [2.75, 3.05) is 0 Å². The first kappa shape index (κ1) is 12.7. The molecular weight excluding hydrogens is 188 g/mol. The van der Waals surface area contributed by atoms with Gasteiger partial charge in [-0.1, -0.05) is 34.1 Å². The molecule has 1 aliphatic rings. The smallest absolute Gasteiger partial charge is 0.135 e. The molecule has 1 saturated carbocycles. The van der Waals surface area contributed by atoms with Crippen LogP contribution < -0.4 is 0 Å². The Kier molecular flexibility index (Phi) is 3.59. The monoisotopic (exact) mass is 212 g/mol. The minimum Gasteiger partial charge on any atom is -0.389 e. The molecule has 0 radical (unpaired) electrons. The van der Waals surface area contributed by atoms with E-state index in [2.05, 4.69) is 20.8 Å². The van der Waals surface area contributed by atoms with Crippen LogP contribution in [0, 0.1) is 11.3 Å². The molecule has 2 nitrogen and oxygen atoms in total. The van der Waals surface area contributed by atoms with E-state index in [1.165, 1.54) is 0 Å². The lowest BCUT2D eigenvalue weighted by atomic mass is 9.59. The average molecular weight is 212 g/mol. The maximum absolute atomic E-state index is 11.6. The standard InChI is InChI=1S/C13H24O2/c1-5-11(14)9-13(15)10(2)7-6-8-12(13,3)4/h10,15H,5-9H2,1-4H3. The van der Waals surface area contributed by atoms with Crippen LogP contribution in [-0.2, 0) is 4.79 Å². The summed E-state index contributed by atoms with van der Waals surface area (Å²) < 4.78 is 0. The molecule has 0 heterocycles. The lowest BCUT2D eigenvalue weighted by Crippen LogP contribution is -2.53. The second-order valence-corrected chi connectivity index (χ2v) is 5.67. The summed E-state index contributed by atoms with van der Waals surface area (Å²) in [6, 6.07) is 0. The van der Waals surface area contributed by atoms with Crippen molar-refractivity contribution in [1.82, 2.24) is 0 Å². The van der Waals surface area contributed by atoms with Crippen LogP contribution in [0.1, 0.15) is 59.8 Å². The van der Waals surface area contributed by atoms with Crippen molar-refractivity contribution in [3.63, 3.8) is 0 Å². The van der Waals surface area contributed by atoms with Crippen molar-refractivity contribution in [3.05, 3.63) is 0 Å². The molecule has 0 aromatic heterocycles. The molecule has 0 amide bonds. The van der Waals surface area contributed by atoms with Gasteiger partial charge in [-0.2, -0.15) is 0 Å². The molecular formula is C13H24O2. The predicted octanol–water partition coefficient (Wildman–Crippen LogP) is 2.93. The number of Topliss-reactive ketones (excluding diaryl/α,β-unsaturated/α-hetero) is 1. The summed E-state index contributed by atoms with van der Waals surface area (Å²) in [7, 11) is 0. The Labute approximate surface area is 93.1 Å². The van der Waals surface area contributed by atoms with Crippen LogP contribution in [0.3, 0.4) is 0 Å². The number of carbonyl (C=O) groups is 1. The van der Waals surface area contributed by atoms with Crippen LogP contribution in [0.4, 0.5) is 0 Å². The molecule has 1 fully saturated rings. The minimum atomic E-state index is -0.793. The number of ketones is 1. The Morgan fingerprint density at radius 1 is 1.47 bits per heavy atom. The van der Waals surface area contributed by atoms with E-state index in [4.69, 9.17) is 0 Å². The Bertz CT molecular complexity index is 245. The number of carbonyl (C=O) groups excluding carboxylic acids is 1. The van der Waals surface area contributed by atoms with Gasteiger partial charge in [0.2, 0.25) is 0 Å². The third-order valence-corrected chi connectivity index (χ3v) is 4.29. The third kappa shape index (κ3) is 2.25. The van der Waals surface area contributed by atoms with E-state index in [1.807, 2.05) is 6.92 Å². The maximum Gasteiger partial charge on any atom is 0.135 e. The highest BCUT2D eigenvalue weighted by atomic mass is 16.3. The number of hydrogen-bond acceptors (Lipinski definition) is 2. The van der Waals surface area contributed by atoms with Crippen molar-refractivity contribution in [3.8, 4) is 0 Å². The quantitative estimate of drug-likeness (QED) is 0.781. The fourth-order valence-electron chi connectivity index (χ4n) is 2.81. The lowest BCUT2D eigenvalue weighted by molar-refractivity contribution is -0.153. The molecule has 2 atom stereocenters. The van der Waals surface area contributed by atoms with Crippen LogP contribution in [0.15, 0.2) is 0 Å². The molecule has 2 heteroatoms. The van der Waals surface area contributed by atoms with Gasteiger partial charge in [0.05, 0.1) is 5.60 Å². The molecule has 1 N–H and O–H groups in total. The van der Waals surface area contributed by atoms with Crippen molar-refractivity contribution in [2.45, 2.75) is 65.4 Å². The third-order valence-electron chi connectivity index (χ3n) is 4.29. The van der Waals surface area contributed by atoms with E-state index in [1.54, 1.807) is 0 Å². The Morgan fingerprint density at radius 3 is 2.53 bits per heavy atom. The SMILES string of the molecule is CCC(=O)CC1(O)C(C)CCCC1(C)C. The van der Waals surface area contributed by atoms with Gasteiger partial charge in [-0.15, -0.1) is 0 Å². The summed E-state index contributed by atoms with van der Waals surface area (Å²) in [5.74, 6) is 0.413. The fourth-order valence-corrected chi connectivity index (χ4v) is 2.81. The van der Waals surface area contributed by atoms with Crippen LogP contribution in [0.5, 0.6) is 0 Å². The van der Waals surface area contributed by atoms with E-state index in [0.717, 1.165) is 19.3 Å². The molecule has 0 aromatic carbocycles. The van der Waals surface area contributed by atoms with Gasteiger partial charge in [0.1, 0.15) is 5.78 Å². The Morgan fingerprint density at radius 2 is 2.07 bits per heavy atom. The van der Waals surface area contributed by atoms with Gasteiger partial charge in [-0.3, -0.25) is 4.79 Å². The van der Waals surface area contributed by atoms with E-state index < -0.39 is 5.60 Å². The van der Waals surface area contributed by atoms with Crippen LogP contribution in [-0.4, -0.2) is 16.5 Å². The van der Waals surface area contributed by atoms with Gasteiger partial charge in [-0.25, -0.2) is 0 Å².